The van der Waals surface area contributed by atoms with Crippen molar-refractivity contribution in [3.8, 4) is 0 Å². The highest BCUT2D eigenvalue weighted by atomic mass is 127. The van der Waals surface area contributed by atoms with Crippen LogP contribution in [-0.4, -0.2) is 80.6 Å². The molecule has 1 fully saturated rings. The van der Waals surface area contributed by atoms with Gasteiger partial charge >= 0.3 is 0 Å². The maximum atomic E-state index is 4.89. The van der Waals surface area contributed by atoms with Crippen molar-refractivity contribution in [2.24, 2.45) is 10.9 Å². The minimum absolute atomic E-state index is 0. The Morgan fingerprint density at radius 2 is 1.85 bits per heavy atom. The van der Waals surface area contributed by atoms with E-state index in [0.717, 1.165) is 36.6 Å². The van der Waals surface area contributed by atoms with E-state index < -0.39 is 0 Å². The number of benzene rings is 1. The second kappa shape index (κ2) is 13.0. The van der Waals surface area contributed by atoms with Crippen LogP contribution in [-0.2, 0) is 6.54 Å². The maximum absolute atomic E-state index is 4.89. The first-order valence-corrected chi connectivity index (χ1v) is 10.4. The number of halogens is 2. The summed E-state index contributed by atoms with van der Waals surface area (Å²) in [5.74, 6) is 1.55. The molecule has 1 aromatic rings. The fraction of sp³-hybridized carbons (Fsp3) is 0.650. The molecule has 1 aliphatic heterocycles. The second-order valence-electron chi connectivity index (χ2n) is 7.39. The summed E-state index contributed by atoms with van der Waals surface area (Å²) in [4.78, 5) is 12.1. The van der Waals surface area contributed by atoms with E-state index in [2.05, 4.69) is 88.2 Å². The highest BCUT2D eigenvalue weighted by Gasteiger charge is 2.16. The smallest absolute Gasteiger partial charge is 0.193 e. The summed E-state index contributed by atoms with van der Waals surface area (Å²) in [5.41, 5.74) is 1.28. The third kappa shape index (κ3) is 9.11. The molecule has 27 heavy (non-hydrogen) atoms. The number of rotatable bonds is 7. The van der Waals surface area contributed by atoms with Crippen molar-refractivity contribution < 1.29 is 0 Å². The molecule has 5 nitrogen and oxygen atoms in total. The molecule has 2 rings (SSSR count). The Labute approximate surface area is 190 Å². The van der Waals surface area contributed by atoms with Gasteiger partial charge in [-0.2, -0.15) is 0 Å². The number of likely N-dealkylation sites (N-methyl/N-ethyl adjacent to an activating group) is 1. The first kappa shape index (κ1) is 24.7. The SMILES string of the molecule is CCNC(=NCC(C)CN1CCN(C)CC1)N(C)Cc1ccc(Br)cc1.I. The van der Waals surface area contributed by atoms with Gasteiger partial charge in [0.15, 0.2) is 5.96 Å². The fourth-order valence-corrected chi connectivity index (χ4v) is 3.44. The number of aliphatic imine (C=N–C) groups is 1. The molecule has 0 radical (unpaired) electrons. The Morgan fingerprint density at radius 3 is 2.44 bits per heavy atom. The molecular formula is C20H35BrIN5. The monoisotopic (exact) mass is 551 g/mol. The lowest BCUT2D eigenvalue weighted by Crippen LogP contribution is -2.46. The Balaban J connectivity index is 0.00000364. The summed E-state index contributed by atoms with van der Waals surface area (Å²) in [7, 11) is 4.31. The molecule has 1 heterocycles. The third-order valence-electron chi connectivity index (χ3n) is 4.75. The average molecular weight is 552 g/mol. The van der Waals surface area contributed by atoms with Crippen LogP contribution in [0.4, 0.5) is 0 Å². The van der Waals surface area contributed by atoms with Gasteiger partial charge in [-0.1, -0.05) is 35.0 Å². The van der Waals surface area contributed by atoms with Gasteiger partial charge in [0.05, 0.1) is 0 Å². The fourth-order valence-electron chi connectivity index (χ4n) is 3.18. The number of hydrogen-bond donors (Lipinski definition) is 1. The minimum atomic E-state index is 0. The summed E-state index contributed by atoms with van der Waals surface area (Å²) in [6.45, 7) is 12.9. The Bertz CT molecular complexity index is 558. The minimum Gasteiger partial charge on any atom is -0.357 e. The third-order valence-corrected chi connectivity index (χ3v) is 5.28. The van der Waals surface area contributed by atoms with Crippen LogP contribution in [0.15, 0.2) is 33.7 Å². The van der Waals surface area contributed by atoms with Crippen molar-refractivity contribution in [1.29, 1.82) is 0 Å². The van der Waals surface area contributed by atoms with E-state index in [4.69, 9.17) is 4.99 Å². The number of nitrogens with zero attached hydrogens (tertiary/aromatic N) is 4. The quantitative estimate of drug-likeness (QED) is 0.320. The van der Waals surface area contributed by atoms with Crippen LogP contribution in [0.25, 0.3) is 0 Å². The van der Waals surface area contributed by atoms with E-state index in [1.54, 1.807) is 0 Å². The number of nitrogens with one attached hydrogen (secondary N) is 1. The van der Waals surface area contributed by atoms with Crippen molar-refractivity contribution in [1.82, 2.24) is 20.0 Å². The molecule has 154 valence electrons. The molecule has 1 unspecified atom stereocenters. The summed E-state index contributed by atoms with van der Waals surface area (Å²) in [6, 6.07) is 8.48. The van der Waals surface area contributed by atoms with E-state index in [1.807, 2.05) is 0 Å². The van der Waals surface area contributed by atoms with Crippen LogP contribution in [0.3, 0.4) is 0 Å². The number of guanidine groups is 1. The van der Waals surface area contributed by atoms with Gasteiger partial charge in [-0.3, -0.25) is 4.99 Å². The zero-order valence-electron chi connectivity index (χ0n) is 17.1. The van der Waals surface area contributed by atoms with E-state index in [9.17, 15) is 0 Å². The van der Waals surface area contributed by atoms with Crippen LogP contribution >= 0.6 is 39.9 Å². The Hall–Kier alpha value is -0.380. The van der Waals surface area contributed by atoms with Gasteiger partial charge < -0.3 is 20.0 Å². The standard InChI is InChI=1S/C20H34BrN5.HI/c1-5-22-20(25(4)16-18-6-8-19(21)9-7-18)23-14-17(2)15-26-12-10-24(3)11-13-26;/h6-9,17H,5,10-16H2,1-4H3,(H,22,23);1H. The molecule has 0 aromatic heterocycles. The molecule has 1 N–H and O–H groups in total. The highest BCUT2D eigenvalue weighted by Crippen LogP contribution is 2.12. The molecule has 0 aliphatic carbocycles. The van der Waals surface area contributed by atoms with Crippen molar-refractivity contribution in [2.75, 3.05) is 59.9 Å². The molecule has 1 aromatic carbocycles. The summed E-state index contributed by atoms with van der Waals surface area (Å²) < 4.78 is 1.11. The molecule has 0 spiro atoms. The molecular weight excluding hydrogens is 517 g/mol. The molecule has 0 amide bonds. The van der Waals surface area contributed by atoms with Crippen LogP contribution in [0.1, 0.15) is 19.4 Å². The normalized spacial score (nSPS) is 17.3. The van der Waals surface area contributed by atoms with Gasteiger partial charge in [0.1, 0.15) is 0 Å². The number of hydrogen-bond acceptors (Lipinski definition) is 3. The molecule has 1 aliphatic rings. The van der Waals surface area contributed by atoms with Crippen LogP contribution in [0, 0.1) is 5.92 Å². The van der Waals surface area contributed by atoms with Crippen molar-refractivity contribution in [3.05, 3.63) is 34.3 Å². The van der Waals surface area contributed by atoms with E-state index in [-0.39, 0.29) is 24.0 Å². The van der Waals surface area contributed by atoms with Gasteiger partial charge in [-0.15, -0.1) is 24.0 Å². The van der Waals surface area contributed by atoms with Crippen molar-refractivity contribution in [2.45, 2.75) is 20.4 Å². The van der Waals surface area contributed by atoms with Crippen molar-refractivity contribution >= 4 is 45.9 Å². The summed E-state index contributed by atoms with van der Waals surface area (Å²) in [5, 5.41) is 3.43. The van der Waals surface area contributed by atoms with Gasteiger partial charge in [-0.25, -0.2) is 0 Å². The van der Waals surface area contributed by atoms with Gasteiger partial charge in [0.25, 0.3) is 0 Å². The lowest BCUT2D eigenvalue weighted by Gasteiger charge is -2.33. The lowest BCUT2D eigenvalue weighted by atomic mass is 10.1. The zero-order chi connectivity index (χ0) is 18.9. The van der Waals surface area contributed by atoms with E-state index in [1.165, 1.54) is 31.7 Å². The van der Waals surface area contributed by atoms with Gasteiger partial charge in [-0.05, 0) is 37.6 Å². The topological polar surface area (TPSA) is 34.1 Å². The predicted molar refractivity (Wildman–Crippen MR) is 130 cm³/mol. The molecule has 0 bridgehead atoms. The van der Waals surface area contributed by atoms with E-state index >= 15 is 0 Å². The Kier molecular flexibility index (Phi) is 11.8. The summed E-state index contributed by atoms with van der Waals surface area (Å²) >= 11 is 3.49. The van der Waals surface area contributed by atoms with Crippen LogP contribution in [0.5, 0.6) is 0 Å². The highest BCUT2D eigenvalue weighted by molar-refractivity contribution is 14.0. The van der Waals surface area contributed by atoms with E-state index in [0.29, 0.717) is 5.92 Å². The maximum Gasteiger partial charge on any atom is 0.193 e. The zero-order valence-corrected chi connectivity index (χ0v) is 21.0. The lowest BCUT2D eigenvalue weighted by molar-refractivity contribution is 0.140. The van der Waals surface area contributed by atoms with Crippen molar-refractivity contribution in [3.63, 3.8) is 0 Å². The molecule has 0 saturated carbocycles. The first-order chi connectivity index (χ1) is 12.5. The Morgan fingerprint density at radius 1 is 1.22 bits per heavy atom. The second-order valence-corrected chi connectivity index (χ2v) is 8.30. The largest absolute Gasteiger partial charge is 0.357 e. The van der Waals surface area contributed by atoms with Gasteiger partial charge in [0.2, 0.25) is 0 Å². The molecule has 7 heteroatoms. The average Bonchev–Trinajstić information content (AvgIpc) is 2.62. The van der Waals surface area contributed by atoms with Crippen LogP contribution in [0.2, 0.25) is 0 Å². The summed E-state index contributed by atoms with van der Waals surface area (Å²) in [6.07, 6.45) is 0. The molecule has 1 atom stereocenters. The number of piperazine rings is 1. The first-order valence-electron chi connectivity index (χ1n) is 9.62. The van der Waals surface area contributed by atoms with Crippen LogP contribution < -0.4 is 5.32 Å². The predicted octanol–water partition coefficient (Wildman–Crippen LogP) is 3.35. The van der Waals surface area contributed by atoms with Gasteiger partial charge in [0, 0.05) is 63.9 Å². The molecule has 1 saturated heterocycles.